The molecular weight excluding hydrogens is 434 g/mol. The van der Waals surface area contributed by atoms with Crippen molar-refractivity contribution in [2.45, 2.75) is 13.8 Å². The van der Waals surface area contributed by atoms with E-state index < -0.39 is 0 Å². The van der Waals surface area contributed by atoms with Gasteiger partial charge in [-0.2, -0.15) is 0 Å². The Hall–Kier alpha value is -2.62. The Bertz CT molecular complexity index is 1010. The maximum absolute atomic E-state index is 12.9. The van der Waals surface area contributed by atoms with Crippen molar-refractivity contribution in [1.82, 2.24) is 4.98 Å². The molecule has 0 aliphatic carbocycles. The van der Waals surface area contributed by atoms with E-state index >= 15 is 0 Å². The average molecular weight is 460 g/mol. The molecule has 1 aliphatic heterocycles. The number of hydrogen-bond acceptors (Lipinski definition) is 8. The van der Waals surface area contributed by atoms with Crippen molar-refractivity contribution < 1.29 is 19.0 Å². The van der Waals surface area contributed by atoms with E-state index in [-0.39, 0.29) is 5.91 Å². The van der Waals surface area contributed by atoms with Gasteiger partial charge in [-0.25, -0.2) is 4.98 Å². The molecule has 7 nitrogen and oxygen atoms in total. The number of nitrogens with zero attached hydrogens (tertiary/aromatic N) is 2. The molecule has 31 heavy (non-hydrogen) atoms. The summed E-state index contributed by atoms with van der Waals surface area (Å²) in [4.78, 5) is 20.7. The Kier molecular flexibility index (Phi) is 7.06. The fourth-order valence-electron chi connectivity index (χ4n) is 3.32. The number of morpholine rings is 1. The fraction of sp³-hybridized carbons (Fsp3) is 0.364. The summed E-state index contributed by atoms with van der Waals surface area (Å²) in [6.45, 7) is 7.77. The van der Waals surface area contributed by atoms with Crippen LogP contribution in [0.2, 0.25) is 0 Å². The Labute approximate surface area is 189 Å². The van der Waals surface area contributed by atoms with Crippen LogP contribution in [0.5, 0.6) is 11.5 Å². The molecule has 1 amide bonds. The lowest BCUT2D eigenvalue weighted by Crippen LogP contribution is -2.36. The number of thiophene rings is 1. The first-order valence-electron chi connectivity index (χ1n) is 10.3. The highest BCUT2D eigenvalue weighted by molar-refractivity contribution is 7.20. The van der Waals surface area contributed by atoms with Crippen LogP contribution in [0.1, 0.15) is 24.3 Å². The number of ether oxygens (including phenoxy) is 3. The first kappa shape index (κ1) is 21.6. The van der Waals surface area contributed by atoms with Crippen molar-refractivity contribution in [3.63, 3.8) is 0 Å². The molecule has 164 valence electrons. The zero-order chi connectivity index (χ0) is 21.6. The minimum Gasteiger partial charge on any atom is -0.492 e. The lowest BCUT2D eigenvalue weighted by molar-refractivity contribution is 0.102. The molecule has 1 aliphatic rings. The number of aromatic nitrogens is 1. The summed E-state index contributed by atoms with van der Waals surface area (Å²) in [5.74, 6) is 1.04. The molecule has 4 rings (SSSR count). The second-order valence-corrected chi connectivity index (χ2v) is 8.56. The SMILES string of the molecule is CCOc1cc(N2CCOCC2)c(OCC)cc1NC(=O)c1csc(-c2cccs2)n1. The second kappa shape index (κ2) is 10.1. The lowest BCUT2D eigenvalue weighted by Gasteiger charge is -2.31. The summed E-state index contributed by atoms with van der Waals surface area (Å²) in [5.41, 5.74) is 1.89. The Balaban J connectivity index is 1.61. The van der Waals surface area contributed by atoms with E-state index in [1.807, 2.05) is 43.5 Å². The number of thiazole rings is 1. The smallest absolute Gasteiger partial charge is 0.275 e. The maximum atomic E-state index is 12.9. The van der Waals surface area contributed by atoms with Crippen LogP contribution >= 0.6 is 22.7 Å². The van der Waals surface area contributed by atoms with Gasteiger partial charge in [0, 0.05) is 30.6 Å². The van der Waals surface area contributed by atoms with Gasteiger partial charge in [0.25, 0.3) is 5.91 Å². The van der Waals surface area contributed by atoms with Crippen molar-refractivity contribution in [3.05, 3.63) is 40.7 Å². The normalized spacial score (nSPS) is 13.8. The minimum absolute atomic E-state index is 0.276. The van der Waals surface area contributed by atoms with Gasteiger partial charge < -0.3 is 24.4 Å². The number of anilines is 2. The molecule has 3 aromatic rings. The van der Waals surface area contributed by atoms with Crippen molar-refractivity contribution >= 4 is 40.0 Å². The van der Waals surface area contributed by atoms with Gasteiger partial charge in [0.2, 0.25) is 0 Å². The van der Waals surface area contributed by atoms with Crippen molar-refractivity contribution in [2.75, 3.05) is 49.7 Å². The van der Waals surface area contributed by atoms with Crippen molar-refractivity contribution in [2.24, 2.45) is 0 Å². The van der Waals surface area contributed by atoms with Gasteiger partial charge in [-0.15, -0.1) is 22.7 Å². The van der Waals surface area contributed by atoms with E-state index in [1.165, 1.54) is 11.3 Å². The summed E-state index contributed by atoms with van der Waals surface area (Å²) in [7, 11) is 0. The van der Waals surface area contributed by atoms with Gasteiger partial charge in [-0.05, 0) is 25.3 Å². The molecule has 1 N–H and O–H groups in total. The van der Waals surface area contributed by atoms with E-state index in [0.29, 0.717) is 49.3 Å². The number of benzene rings is 1. The number of carbonyl (C=O) groups is 1. The van der Waals surface area contributed by atoms with Crippen molar-refractivity contribution in [1.29, 1.82) is 0 Å². The van der Waals surface area contributed by atoms with E-state index in [9.17, 15) is 4.79 Å². The van der Waals surface area contributed by atoms with Gasteiger partial charge in [0.1, 0.15) is 22.2 Å². The number of hydrogen-bond donors (Lipinski definition) is 1. The van der Waals surface area contributed by atoms with Gasteiger partial charge in [-0.1, -0.05) is 6.07 Å². The quantitative estimate of drug-likeness (QED) is 0.524. The van der Waals surface area contributed by atoms with Crippen LogP contribution in [0.25, 0.3) is 9.88 Å². The first-order chi connectivity index (χ1) is 15.2. The van der Waals surface area contributed by atoms with E-state index in [1.54, 1.807) is 16.7 Å². The summed E-state index contributed by atoms with van der Waals surface area (Å²) < 4.78 is 17.2. The Morgan fingerprint density at radius 2 is 1.94 bits per heavy atom. The number of nitrogens with one attached hydrogen (secondary N) is 1. The highest BCUT2D eigenvalue weighted by Crippen LogP contribution is 2.39. The zero-order valence-corrected chi connectivity index (χ0v) is 19.2. The molecule has 0 unspecified atom stereocenters. The van der Waals surface area contributed by atoms with Gasteiger partial charge >= 0.3 is 0 Å². The van der Waals surface area contributed by atoms with Crippen LogP contribution in [-0.4, -0.2) is 50.4 Å². The molecule has 1 aromatic carbocycles. The number of amides is 1. The molecule has 1 saturated heterocycles. The summed E-state index contributed by atoms with van der Waals surface area (Å²) in [6, 6.07) is 7.75. The summed E-state index contributed by atoms with van der Waals surface area (Å²) in [6.07, 6.45) is 0. The highest BCUT2D eigenvalue weighted by Gasteiger charge is 2.21. The third-order valence-electron chi connectivity index (χ3n) is 4.73. The monoisotopic (exact) mass is 459 g/mol. The summed E-state index contributed by atoms with van der Waals surface area (Å²) >= 11 is 3.06. The largest absolute Gasteiger partial charge is 0.492 e. The molecule has 0 bridgehead atoms. The van der Waals surface area contributed by atoms with Gasteiger partial charge in [-0.3, -0.25) is 4.79 Å². The van der Waals surface area contributed by atoms with Gasteiger partial charge in [0.15, 0.2) is 0 Å². The number of carbonyl (C=O) groups excluding carboxylic acids is 1. The topological polar surface area (TPSA) is 72.9 Å². The zero-order valence-electron chi connectivity index (χ0n) is 17.6. The van der Waals surface area contributed by atoms with E-state index in [2.05, 4.69) is 15.2 Å². The molecule has 9 heteroatoms. The molecular formula is C22H25N3O4S2. The average Bonchev–Trinajstić information content (AvgIpc) is 3.48. The maximum Gasteiger partial charge on any atom is 0.275 e. The molecule has 0 atom stereocenters. The fourth-order valence-corrected chi connectivity index (χ4v) is 4.94. The van der Waals surface area contributed by atoms with E-state index in [0.717, 1.165) is 28.7 Å². The lowest BCUT2D eigenvalue weighted by atomic mass is 10.2. The predicted octanol–water partition coefficient (Wildman–Crippen LogP) is 4.76. The third-order valence-corrected chi connectivity index (χ3v) is 6.61. The van der Waals surface area contributed by atoms with Crippen LogP contribution in [0.3, 0.4) is 0 Å². The Morgan fingerprint density at radius 3 is 2.65 bits per heavy atom. The van der Waals surface area contributed by atoms with Crippen LogP contribution in [0, 0.1) is 0 Å². The van der Waals surface area contributed by atoms with Crippen LogP contribution in [0.15, 0.2) is 35.0 Å². The molecule has 0 spiro atoms. The number of rotatable bonds is 8. The molecule has 2 aromatic heterocycles. The van der Waals surface area contributed by atoms with Crippen molar-refractivity contribution in [3.8, 4) is 21.4 Å². The second-order valence-electron chi connectivity index (χ2n) is 6.75. The molecule has 3 heterocycles. The standard InChI is InChI=1S/C22H25N3O4S2/c1-3-28-18-13-17(25-7-9-27-10-8-25)19(29-4-2)12-15(18)23-21(26)16-14-31-22(24-16)20-6-5-11-30-20/h5-6,11-14H,3-4,7-10H2,1-2H3,(H,23,26). The molecule has 0 radical (unpaired) electrons. The van der Waals surface area contributed by atoms with Crippen LogP contribution in [-0.2, 0) is 4.74 Å². The van der Waals surface area contributed by atoms with Gasteiger partial charge in [0.05, 0.1) is 42.7 Å². The Morgan fingerprint density at radius 1 is 1.16 bits per heavy atom. The third kappa shape index (κ3) is 5.00. The molecule has 0 saturated carbocycles. The van der Waals surface area contributed by atoms with Crippen LogP contribution < -0.4 is 19.7 Å². The van der Waals surface area contributed by atoms with E-state index in [4.69, 9.17) is 14.2 Å². The highest BCUT2D eigenvalue weighted by atomic mass is 32.1. The molecule has 1 fully saturated rings. The predicted molar refractivity (Wildman–Crippen MR) is 125 cm³/mol. The first-order valence-corrected chi connectivity index (χ1v) is 12.0. The van der Waals surface area contributed by atoms with Crippen LogP contribution in [0.4, 0.5) is 11.4 Å². The minimum atomic E-state index is -0.276. The summed E-state index contributed by atoms with van der Waals surface area (Å²) in [5, 5.41) is 7.57.